The number of aromatic nitrogens is 2. The lowest BCUT2D eigenvalue weighted by atomic mass is 10.3. The zero-order chi connectivity index (χ0) is 15.2. The fourth-order valence-electron chi connectivity index (χ4n) is 1.81. The second-order valence-electron chi connectivity index (χ2n) is 4.85. The number of carbonyl (C=O) groups is 1. The lowest BCUT2D eigenvalue weighted by molar-refractivity contribution is 0.0946. The lowest BCUT2D eigenvalue weighted by Crippen LogP contribution is -2.24. The molecule has 112 valence electrons. The molecule has 0 bridgehead atoms. The van der Waals surface area contributed by atoms with Crippen molar-refractivity contribution < 1.29 is 4.79 Å². The van der Waals surface area contributed by atoms with Crippen molar-refractivity contribution in [2.45, 2.75) is 33.7 Å². The number of rotatable bonds is 6. The molecule has 2 aromatic rings. The molecule has 21 heavy (non-hydrogen) atoms. The number of hydrogen-bond donors (Lipinski definition) is 2. The number of nitrogens with zero attached hydrogens (tertiary/aromatic N) is 2. The van der Waals surface area contributed by atoms with Gasteiger partial charge in [-0.25, -0.2) is 4.98 Å². The predicted octanol–water partition coefficient (Wildman–Crippen LogP) is 2.91. The summed E-state index contributed by atoms with van der Waals surface area (Å²) in [6, 6.07) is 2.10. The van der Waals surface area contributed by atoms with Crippen molar-refractivity contribution in [2.75, 3.05) is 11.9 Å². The van der Waals surface area contributed by atoms with E-state index in [9.17, 15) is 4.79 Å². The molecule has 0 fully saturated rings. The molecule has 0 spiro atoms. The van der Waals surface area contributed by atoms with Gasteiger partial charge in [0.25, 0.3) is 5.91 Å². The highest BCUT2D eigenvalue weighted by atomic mass is 32.1. The van der Waals surface area contributed by atoms with Crippen molar-refractivity contribution in [1.82, 2.24) is 15.3 Å². The maximum atomic E-state index is 12.1. The Labute approximate surface area is 128 Å². The molecule has 0 unspecified atom stereocenters. The van der Waals surface area contributed by atoms with E-state index >= 15 is 0 Å². The van der Waals surface area contributed by atoms with Crippen LogP contribution in [0, 0.1) is 13.8 Å². The van der Waals surface area contributed by atoms with Gasteiger partial charge in [0.1, 0.15) is 11.5 Å². The lowest BCUT2D eigenvalue weighted by Gasteiger charge is -2.06. The fourth-order valence-corrected chi connectivity index (χ4v) is 2.80. The summed E-state index contributed by atoms with van der Waals surface area (Å²) < 4.78 is 0. The Morgan fingerprint density at radius 3 is 2.81 bits per heavy atom. The Morgan fingerprint density at radius 1 is 1.33 bits per heavy atom. The molecular formula is C15H20N4OS. The van der Waals surface area contributed by atoms with E-state index in [-0.39, 0.29) is 5.91 Å². The highest BCUT2D eigenvalue weighted by molar-refractivity contribution is 7.12. The van der Waals surface area contributed by atoms with Gasteiger partial charge in [-0.3, -0.25) is 9.78 Å². The summed E-state index contributed by atoms with van der Waals surface area (Å²) in [4.78, 5) is 22.8. The first-order chi connectivity index (χ1) is 10.1. The van der Waals surface area contributed by atoms with E-state index in [1.165, 1.54) is 16.6 Å². The summed E-state index contributed by atoms with van der Waals surface area (Å²) in [6.07, 6.45) is 4.10. The maximum absolute atomic E-state index is 12.1. The molecule has 0 saturated heterocycles. The average Bonchev–Trinajstić information content (AvgIpc) is 2.81. The Morgan fingerprint density at radius 2 is 2.14 bits per heavy atom. The van der Waals surface area contributed by atoms with E-state index in [1.54, 1.807) is 17.5 Å². The van der Waals surface area contributed by atoms with Gasteiger partial charge >= 0.3 is 0 Å². The van der Waals surface area contributed by atoms with Crippen molar-refractivity contribution >= 4 is 23.1 Å². The highest BCUT2D eigenvalue weighted by Crippen LogP contribution is 2.20. The molecule has 2 heterocycles. The SMILES string of the molecule is CCCNc1cncc(C(=O)NCc2cc(C)c(C)s2)n1. The number of carbonyl (C=O) groups excluding carboxylic acids is 1. The van der Waals surface area contributed by atoms with Crippen molar-refractivity contribution in [1.29, 1.82) is 0 Å². The Hall–Kier alpha value is -1.95. The van der Waals surface area contributed by atoms with Crippen molar-refractivity contribution in [3.8, 4) is 0 Å². The minimum atomic E-state index is -0.202. The zero-order valence-electron chi connectivity index (χ0n) is 12.6. The molecule has 0 atom stereocenters. The molecule has 2 rings (SSSR count). The van der Waals surface area contributed by atoms with Gasteiger partial charge in [-0.05, 0) is 31.9 Å². The van der Waals surface area contributed by atoms with Gasteiger partial charge in [0.05, 0.1) is 18.9 Å². The van der Waals surface area contributed by atoms with Gasteiger partial charge in [0, 0.05) is 16.3 Å². The van der Waals surface area contributed by atoms with E-state index in [0.29, 0.717) is 18.1 Å². The molecule has 5 nitrogen and oxygen atoms in total. The third-order valence-electron chi connectivity index (χ3n) is 3.06. The van der Waals surface area contributed by atoms with Crippen LogP contribution in [0.4, 0.5) is 5.82 Å². The molecule has 0 saturated carbocycles. The van der Waals surface area contributed by atoms with E-state index < -0.39 is 0 Å². The molecule has 0 aliphatic heterocycles. The van der Waals surface area contributed by atoms with Crippen LogP contribution in [0.25, 0.3) is 0 Å². The van der Waals surface area contributed by atoms with Gasteiger partial charge in [-0.2, -0.15) is 0 Å². The van der Waals surface area contributed by atoms with Gasteiger partial charge < -0.3 is 10.6 Å². The van der Waals surface area contributed by atoms with E-state index in [4.69, 9.17) is 0 Å². The van der Waals surface area contributed by atoms with Crippen LogP contribution in [0.1, 0.15) is 39.2 Å². The first-order valence-electron chi connectivity index (χ1n) is 7.00. The zero-order valence-corrected chi connectivity index (χ0v) is 13.4. The number of amides is 1. The average molecular weight is 304 g/mol. The molecule has 1 amide bonds. The molecule has 2 N–H and O–H groups in total. The molecule has 0 aliphatic rings. The van der Waals surface area contributed by atoms with Gasteiger partial charge in [-0.15, -0.1) is 11.3 Å². The smallest absolute Gasteiger partial charge is 0.271 e. The fraction of sp³-hybridized carbons (Fsp3) is 0.400. The molecule has 6 heteroatoms. The van der Waals surface area contributed by atoms with Crippen LogP contribution >= 0.6 is 11.3 Å². The standard InChI is InChI=1S/C15H20N4OS/c1-4-5-17-14-9-16-8-13(19-14)15(20)18-7-12-6-10(2)11(3)21-12/h6,8-9H,4-5,7H2,1-3H3,(H,17,19)(H,18,20). The van der Waals surface area contributed by atoms with E-state index in [1.807, 2.05) is 0 Å². The van der Waals surface area contributed by atoms with Crippen LogP contribution in [-0.4, -0.2) is 22.4 Å². The van der Waals surface area contributed by atoms with Crippen LogP contribution in [-0.2, 0) is 6.54 Å². The second kappa shape index (κ2) is 7.17. The summed E-state index contributed by atoms with van der Waals surface area (Å²) in [5.74, 6) is 0.429. The van der Waals surface area contributed by atoms with Crippen LogP contribution in [0.5, 0.6) is 0 Å². The summed E-state index contributed by atoms with van der Waals surface area (Å²) in [6.45, 7) is 7.56. The van der Waals surface area contributed by atoms with Crippen molar-refractivity contribution in [2.24, 2.45) is 0 Å². The minimum Gasteiger partial charge on any atom is -0.369 e. The first kappa shape index (κ1) is 15.4. The topological polar surface area (TPSA) is 66.9 Å². The number of anilines is 1. The van der Waals surface area contributed by atoms with Gasteiger partial charge in [-0.1, -0.05) is 6.92 Å². The molecule has 2 aromatic heterocycles. The van der Waals surface area contributed by atoms with Crippen LogP contribution in [0.2, 0.25) is 0 Å². The molecule has 0 aromatic carbocycles. The molecule has 0 radical (unpaired) electrons. The molecule has 0 aliphatic carbocycles. The van der Waals surface area contributed by atoms with Crippen LogP contribution in [0.15, 0.2) is 18.5 Å². The van der Waals surface area contributed by atoms with Crippen LogP contribution in [0.3, 0.4) is 0 Å². The van der Waals surface area contributed by atoms with Gasteiger partial charge in [0.2, 0.25) is 0 Å². The molecular weight excluding hydrogens is 284 g/mol. The number of aryl methyl sites for hydroxylation is 2. The summed E-state index contributed by atoms with van der Waals surface area (Å²) in [5.41, 5.74) is 1.59. The number of hydrogen-bond acceptors (Lipinski definition) is 5. The van der Waals surface area contributed by atoms with Crippen molar-refractivity contribution in [3.63, 3.8) is 0 Å². The second-order valence-corrected chi connectivity index (χ2v) is 6.19. The predicted molar refractivity (Wildman–Crippen MR) is 85.8 cm³/mol. The summed E-state index contributed by atoms with van der Waals surface area (Å²) >= 11 is 1.70. The normalized spacial score (nSPS) is 10.4. The van der Waals surface area contributed by atoms with E-state index in [2.05, 4.69) is 47.4 Å². The first-order valence-corrected chi connectivity index (χ1v) is 7.81. The minimum absolute atomic E-state index is 0.202. The Kier molecular flexibility index (Phi) is 5.27. The quantitative estimate of drug-likeness (QED) is 0.861. The Balaban J connectivity index is 1.96. The highest BCUT2D eigenvalue weighted by Gasteiger charge is 2.09. The van der Waals surface area contributed by atoms with Crippen molar-refractivity contribution in [3.05, 3.63) is 39.5 Å². The third kappa shape index (κ3) is 4.26. The maximum Gasteiger partial charge on any atom is 0.271 e. The van der Waals surface area contributed by atoms with Crippen LogP contribution < -0.4 is 10.6 Å². The number of thiophene rings is 1. The largest absolute Gasteiger partial charge is 0.369 e. The third-order valence-corrected chi connectivity index (χ3v) is 4.22. The monoisotopic (exact) mass is 304 g/mol. The Bertz CT molecular complexity index is 604. The number of nitrogens with one attached hydrogen (secondary N) is 2. The summed E-state index contributed by atoms with van der Waals surface area (Å²) in [5, 5.41) is 6.00. The van der Waals surface area contributed by atoms with Gasteiger partial charge in [0.15, 0.2) is 0 Å². The van der Waals surface area contributed by atoms with E-state index in [0.717, 1.165) is 17.8 Å². The summed E-state index contributed by atoms with van der Waals surface area (Å²) in [7, 11) is 0.